The van der Waals surface area contributed by atoms with E-state index in [1.807, 2.05) is 31.2 Å². The minimum absolute atomic E-state index is 0.0715. The predicted octanol–water partition coefficient (Wildman–Crippen LogP) is 4.87. The molecule has 0 radical (unpaired) electrons. The smallest absolute Gasteiger partial charge is 0.487 e. The molecule has 1 amide bonds. The molecule has 0 saturated carbocycles. The standard InChI is InChI=1S/C29H37Cl2N5O4S.C2HF3O2/c1-20-9-10-21-7-5-8-24(27(21)33-20)40-19-22-23(30)11-12-25(26(22)31)41(38,39)34-29(2,3)28(37)32-13-6-14-36-17-15-35(4)16-18-36;3-2(4,5)1(6)7/h5,7-12,34H,6,13-19H2,1-4H3,(H,32,37);(H,6,7). The maximum Gasteiger partial charge on any atom is 0.490 e. The molecule has 17 heteroatoms. The van der Waals surface area contributed by atoms with Crippen molar-refractivity contribution >= 4 is 56.0 Å². The number of aromatic nitrogens is 1. The first-order chi connectivity index (χ1) is 22.3. The molecule has 1 aliphatic rings. The van der Waals surface area contributed by atoms with Crippen LogP contribution in [0.5, 0.6) is 5.75 Å². The van der Waals surface area contributed by atoms with E-state index in [2.05, 4.69) is 31.9 Å². The molecule has 2 heterocycles. The molecule has 0 spiro atoms. The Kier molecular flexibility index (Phi) is 13.5. The highest BCUT2D eigenvalue weighted by Crippen LogP contribution is 2.33. The second-order valence-electron chi connectivity index (χ2n) is 11.7. The number of rotatable bonds is 11. The number of nitrogens with zero attached hydrogens (tertiary/aromatic N) is 3. The number of hydrogen-bond acceptors (Lipinski definition) is 8. The second-order valence-corrected chi connectivity index (χ2v) is 14.1. The number of sulfonamides is 1. The van der Waals surface area contributed by atoms with Gasteiger partial charge in [-0.25, -0.2) is 18.2 Å². The Bertz CT molecular complexity index is 1720. The van der Waals surface area contributed by atoms with Crippen LogP contribution >= 0.6 is 23.2 Å². The summed E-state index contributed by atoms with van der Waals surface area (Å²) in [5.41, 5.74) is 0.415. The van der Waals surface area contributed by atoms with Gasteiger partial charge in [-0.3, -0.25) is 4.79 Å². The molecule has 3 aromatic rings. The first-order valence-electron chi connectivity index (χ1n) is 14.8. The summed E-state index contributed by atoms with van der Waals surface area (Å²) in [5.74, 6) is -2.66. The van der Waals surface area contributed by atoms with Crippen LogP contribution in [0.2, 0.25) is 10.0 Å². The highest BCUT2D eigenvalue weighted by atomic mass is 35.5. The number of fused-ring (bicyclic) bond motifs is 1. The van der Waals surface area contributed by atoms with E-state index in [0.717, 1.165) is 50.2 Å². The van der Waals surface area contributed by atoms with Crippen molar-refractivity contribution in [3.63, 3.8) is 0 Å². The minimum Gasteiger partial charge on any atom is -0.487 e. The fourth-order valence-corrected chi connectivity index (χ4v) is 6.90. The summed E-state index contributed by atoms with van der Waals surface area (Å²) in [6.45, 7) is 10.2. The number of aryl methyl sites for hydroxylation is 1. The molecular weight excluding hydrogens is 698 g/mol. The fraction of sp³-hybridized carbons (Fsp3) is 0.452. The number of nitrogens with one attached hydrogen (secondary N) is 2. The number of likely N-dealkylation sites (N-methyl/N-ethyl adjacent to an activating group) is 1. The number of pyridine rings is 1. The molecule has 0 aliphatic carbocycles. The lowest BCUT2D eigenvalue weighted by atomic mass is 10.1. The Hall–Kier alpha value is -3.21. The third-order valence-corrected chi connectivity index (χ3v) is 9.96. The molecule has 4 rings (SSSR count). The van der Waals surface area contributed by atoms with Gasteiger partial charge < -0.3 is 25.0 Å². The molecule has 2 aromatic carbocycles. The van der Waals surface area contributed by atoms with Crippen molar-refractivity contribution in [3.8, 4) is 5.75 Å². The summed E-state index contributed by atoms with van der Waals surface area (Å²) in [6, 6.07) is 12.2. The van der Waals surface area contributed by atoms with Gasteiger partial charge in [-0.05, 0) is 65.0 Å². The number of carbonyl (C=O) groups is 2. The number of carbonyl (C=O) groups excluding carboxylic acids is 1. The topological polar surface area (TPSA) is 141 Å². The largest absolute Gasteiger partial charge is 0.490 e. The second kappa shape index (κ2) is 16.5. The molecule has 264 valence electrons. The Morgan fingerprint density at radius 3 is 2.31 bits per heavy atom. The number of halogens is 5. The van der Waals surface area contributed by atoms with E-state index < -0.39 is 33.6 Å². The number of para-hydroxylation sites is 1. The summed E-state index contributed by atoms with van der Waals surface area (Å²) < 4.78 is 67.1. The van der Waals surface area contributed by atoms with Crippen molar-refractivity contribution in [1.29, 1.82) is 0 Å². The zero-order valence-corrected chi connectivity index (χ0v) is 29.2. The summed E-state index contributed by atoms with van der Waals surface area (Å²) in [5, 5.41) is 11.1. The van der Waals surface area contributed by atoms with Crippen molar-refractivity contribution < 1.29 is 41.0 Å². The van der Waals surface area contributed by atoms with Crippen LogP contribution in [0, 0.1) is 6.92 Å². The van der Waals surface area contributed by atoms with Crippen molar-refractivity contribution in [1.82, 2.24) is 24.8 Å². The lowest BCUT2D eigenvalue weighted by Gasteiger charge is -2.32. The van der Waals surface area contributed by atoms with E-state index in [0.29, 0.717) is 23.4 Å². The number of benzene rings is 2. The maximum absolute atomic E-state index is 13.4. The van der Waals surface area contributed by atoms with Gasteiger partial charge >= 0.3 is 12.1 Å². The number of hydrogen-bond donors (Lipinski definition) is 3. The number of ether oxygens (including phenoxy) is 1. The van der Waals surface area contributed by atoms with E-state index in [9.17, 15) is 26.4 Å². The van der Waals surface area contributed by atoms with Crippen LogP contribution in [-0.4, -0.2) is 98.2 Å². The number of carboxylic acids is 1. The molecule has 1 aromatic heterocycles. The summed E-state index contributed by atoms with van der Waals surface area (Å²) >= 11 is 13.0. The molecule has 11 nitrogen and oxygen atoms in total. The van der Waals surface area contributed by atoms with Crippen LogP contribution in [0.15, 0.2) is 47.4 Å². The highest BCUT2D eigenvalue weighted by Gasteiger charge is 2.38. The lowest BCUT2D eigenvalue weighted by molar-refractivity contribution is -0.192. The first-order valence-corrected chi connectivity index (χ1v) is 17.0. The monoisotopic (exact) mass is 735 g/mol. The summed E-state index contributed by atoms with van der Waals surface area (Å²) in [4.78, 5) is 30.8. The number of carboxylic acid groups (broad SMARTS) is 1. The molecule has 3 N–H and O–H groups in total. The minimum atomic E-state index is -5.08. The molecule has 0 bridgehead atoms. The Balaban J connectivity index is 0.000000804. The first kappa shape index (κ1) is 39.2. The van der Waals surface area contributed by atoms with Gasteiger partial charge in [0.25, 0.3) is 0 Å². The highest BCUT2D eigenvalue weighted by molar-refractivity contribution is 7.89. The Morgan fingerprint density at radius 1 is 1.04 bits per heavy atom. The van der Waals surface area contributed by atoms with Gasteiger partial charge in [-0.15, -0.1) is 0 Å². The van der Waals surface area contributed by atoms with Crippen LogP contribution < -0.4 is 14.8 Å². The molecule has 48 heavy (non-hydrogen) atoms. The van der Waals surface area contributed by atoms with E-state index in [4.69, 9.17) is 37.8 Å². The van der Waals surface area contributed by atoms with Gasteiger partial charge in [0.2, 0.25) is 15.9 Å². The SMILES string of the molecule is Cc1ccc2cccc(OCc3c(Cl)ccc(S(=O)(=O)NC(C)(C)C(=O)NCCCN4CCN(C)CC4)c3Cl)c2n1.O=C(O)C(F)(F)F. The van der Waals surface area contributed by atoms with Crippen molar-refractivity contribution in [3.05, 3.63) is 63.8 Å². The van der Waals surface area contributed by atoms with Crippen LogP contribution in [0.4, 0.5) is 13.2 Å². The van der Waals surface area contributed by atoms with Gasteiger partial charge in [-0.1, -0.05) is 41.4 Å². The third kappa shape index (κ3) is 10.9. The Labute approximate surface area is 287 Å². The average molecular weight is 737 g/mol. The Morgan fingerprint density at radius 2 is 1.69 bits per heavy atom. The van der Waals surface area contributed by atoms with Gasteiger partial charge in [0.15, 0.2) is 0 Å². The number of piperazine rings is 1. The van der Waals surface area contributed by atoms with Crippen LogP contribution in [0.3, 0.4) is 0 Å². The van der Waals surface area contributed by atoms with Crippen LogP contribution in [-0.2, 0) is 26.2 Å². The predicted molar refractivity (Wildman–Crippen MR) is 177 cm³/mol. The normalized spacial score (nSPS) is 14.7. The van der Waals surface area contributed by atoms with Crippen molar-refractivity contribution in [2.45, 2.75) is 50.4 Å². The molecule has 1 aliphatic heterocycles. The number of alkyl halides is 3. The molecular formula is C31H38Cl2F3N5O6S. The van der Waals surface area contributed by atoms with E-state index in [1.54, 1.807) is 6.07 Å². The van der Waals surface area contributed by atoms with E-state index >= 15 is 0 Å². The maximum atomic E-state index is 13.4. The van der Waals surface area contributed by atoms with E-state index in [-0.39, 0.29) is 21.5 Å². The zero-order valence-electron chi connectivity index (χ0n) is 26.8. The molecule has 1 saturated heterocycles. The van der Waals surface area contributed by atoms with Gasteiger partial charge in [0.1, 0.15) is 28.3 Å². The molecule has 0 unspecified atom stereocenters. The van der Waals surface area contributed by atoms with Gasteiger partial charge in [-0.2, -0.15) is 17.9 Å². The van der Waals surface area contributed by atoms with Crippen molar-refractivity contribution in [2.24, 2.45) is 0 Å². The lowest BCUT2D eigenvalue weighted by Crippen LogP contribution is -2.55. The van der Waals surface area contributed by atoms with Crippen molar-refractivity contribution in [2.75, 3.05) is 46.3 Å². The van der Waals surface area contributed by atoms with Crippen LogP contribution in [0.25, 0.3) is 10.9 Å². The van der Waals surface area contributed by atoms with E-state index in [1.165, 1.54) is 26.0 Å². The zero-order chi connectivity index (χ0) is 35.9. The number of amides is 1. The number of aliphatic carboxylic acids is 1. The quantitative estimate of drug-likeness (QED) is 0.235. The summed E-state index contributed by atoms with van der Waals surface area (Å²) in [6.07, 6.45) is -4.31. The van der Waals surface area contributed by atoms with Gasteiger partial charge in [0.05, 0.1) is 5.02 Å². The average Bonchev–Trinajstić information content (AvgIpc) is 2.99. The van der Waals surface area contributed by atoms with Gasteiger partial charge in [0, 0.05) is 54.4 Å². The third-order valence-electron chi connectivity index (χ3n) is 7.37. The van der Waals surface area contributed by atoms with Crippen LogP contribution in [0.1, 0.15) is 31.5 Å². The molecule has 0 atom stereocenters. The molecule has 1 fully saturated rings. The fourth-order valence-electron chi connectivity index (χ4n) is 4.63. The summed E-state index contributed by atoms with van der Waals surface area (Å²) in [7, 11) is -2.08.